The van der Waals surface area contributed by atoms with Crippen molar-refractivity contribution in [2.45, 2.75) is 111 Å². The third kappa shape index (κ3) is 7.56. The molecule has 1 aliphatic carbocycles. The second kappa shape index (κ2) is 11.8. The average molecular weight is 377 g/mol. The number of hydrogen-bond donors (Lipinski definition) is 0. The highest BCUT2D eigenvalue weighted by Gasteiger charge is 2.36. The largest absolute Gasteiger partial charge is 0.353 e. The van der Waals surface area contributed by atoms with E-state index in [1.54, 1.807) is 0 Å². The minimum atomic E-state index is -0.236. The quantitative estimate of drug-likeness (QED) is 0.248. The lowest BCUT2D eigenvalue weighted by Gasteiger charge is -2.32. The first-order chi connectivity index (χ1) is 13.0. The summed E-state index contributed by atoms with van der Waals surface area (Å²) < 4.78 is 11.7. The number of carbonyl (C=O) groups is 1. The van der Waals surface area contributed by atoms with Crippen LogP contribution in [0.5, 0.6) is 0 Å². The van der Waals surface area contributed by atoms with E-state index in [-0.39, 0.29) is 17.5 Å². The Morgan fingerprint density at radius 1 is 1.11 bits per heavy atom. The van der Waals surface area contributed by atoms with Crippen molar-refractivity contribution in [2.24, 2.45) is 5.41 Å². The normalized spacial score (nSPS) is 22.1. The van der Waals surface area contributed by atoms with Gasteiger partial charge in [0.05, 0.1) is 12.2 Å². The molecular weight excluding hydrogens is 336 g/mol. The number of hydrogen-bond acceptors (Lipinski definition) is 3. The average Bonchev–Trinajstić information content (AvgIpc) is 2.69. The van der Waals surface area contributed by atoms with Gasteiger partial charge in [0.15, 0.2) is 12.1 Å². The van der Waals surface area contributed by atoms with Gasteiger partial charge in [-0.3, -0.25) is 4.79 Å². The van der Waals surface area contributed by atoms with Crippen molar-refractivity contribution in [2.75, 3.05) is 13.2 Å². The lowest BCUT2D eigenvalue weighted by Crippen LogP contribution is -2.33. The van der Waals surface area contributed by atoms with Gasteiger partial charge >= 0.3 is 0 Å². The molecule has 3 nitrogen and oxygen atoms in total. The van der Waals surface area contributed by atoms with Crippen LogP contribution in [0, 0.1) is 5.41 Å². The molecule has 1 unspecified atom stereocenters. The number of ether oxygens (including phenoxy) is 2. The van der Waals surface area contributed by atoms with Gasteiger partial charge in [-0.15, -0.1) is 5.73 Å². The molecule has 1 saturated heterocycles. The summed E-state index contributed by atoms with van der Waals surface area (Å²) in [4.78, 5) is 13.4. The van der Waals surface area contributed by atoms with Crippen LogP contribution in [0.4, 0.5) is 0 Å². The highest BCUT2D eigenvalue weighted by atomic mass is 16.7. The summed E-state index contributed by atoms with van der Waals surface area (Å²) >= 11 is 0. The van der Waals surface area contributed by atoms with Crippen LogP contribution in [-0.2, 0) is 14.3 Å². The summed E-state index contributed by atoms with van der Waals surface area (Å²) in [5, 5.41) is 0. The van der Waals surface area contributed by atoms with Gasteiger partial charge in [-0.25, -0.2) is 0 Å². The van der Waals surface area contributed by atoms with Crippen LogP contribution < -0.4 is 0 Å². The van der Waals surface area contributed by atoms with Gasteiger partial charge in [0.25, 0.3) is 0 Å². The minimum absolute atomic E-state index is 0.160. The van der Waals surface area contributed by atoms with Crippen molar-refractivity contribution in [3.8, 4) is 0 Å². The molecule has 0 bridgehead atoms. The van der Waals surface area contributed by atoms with Gasteiger partial charge in [0, 0.05) is 12.0 Å². The van der Waals surface area contributed by atoms with Crippen LogP contribution in [0.1, 0.15) is 104 Å². The molecule has 2 aliphatic rings. The molecule has 0 aromatic rings. The molecular formula is C24H40O3. The molecule has 27 heavy (non-hydrogen) atoms. The lowest BCUT2D eigenvalue weighted by molar-refractivity contribution is -0.158. The maximum absolute atomic E-state index is 13.4. The van der Waals surface area contributed by atoms with E-state index in [4.69, 9.17) is 9.47 Å². The topological polar surface area (TPSA) is 35.5 Å². The molecule has 1 saturated carbocycles. The molecule has 3 heteroatoms. The van der Waals surface area contributed by atoms with E-state index in [1.165, 1.54) is 37.7 Å². The lowest BCUT2D eigenvalue weighted by atomic mass is 9.71. The SMILES string of the molecule is CCCCCCC(C)=C=C(COC1CCCCO1)C(=O)C1(C)CCCCC1. The van der Waals surface area contributed by atoms with E-state index < -0.39 is 0 Å². The maximum Gasteiger partial charge on any atom is 0.174 e. The zero-order valence-corrected chi connectivity index (χ0v) is 17.9. The van der Waals surface area contributed by atoms with Crippen LogP contribution in [-0.4, -0.2) is 25.3 Å². The fraction of sp³-hybridized carbons (Fsp3) is 0.833. The van der Waals surface area contributed by atoms with Crippen LogP contribution >= 0.6 is 0 Å². The highest BCUT2D eigenvalue weighted by Crippen LogP contribution is 2.38. The fourth-order valence-corrected chi connectivity index (χ4v) is 4.24. The molecule has 1 aliphatic heterocycles. The zero-order chi connectivity index (χ0) is 19.5. The Bertz CT molecular complexity index is 516. The summed E-state index contributed by atoms with van der Waals surface area (Å²) in [7, 11) is 0. The van der Waals surface area contributed by atoms with Gasteiger partial charge in [0.2, 0.25) is 0 Å². The van der Waals surface area contributed by atoms with Crippen LogP contribution in [0.3, 0.4) is 0 Å². The second-order valence-electron chi connectivity index (χ2n) is 8.75. The Morgan fingerprint density at radius 3 is 2.56 bits per heavy atom. The van der Waals surface area contributed by atoms with Gasteiger partial charge in [-0.05, 0) is 57.4 Å². The minimum Gasteiger partial charge on any atom is -0.353 e. The number of unbranched alkanes of at least 4 members (excludes halogenated alkanes) is 3. The molecule has 2 rings (SSSR count). The van der Waals surface area contributed by atoms with Crippen LogP contribution in [0.25, 0.3) is 0 Å². The van der Waals surface area contributed by atoms with E-state index in [0.29, 0.717) is 6.61 Å². The molecule has 0 amide bonds. The van der Waals surface area contributed by atoms with Gasteiger partial charge < -0.3 is 9.47 Å². The van der Waals surface area contributed by atoms with Crippen molar-refractivity contribution < 1.29 is 14.3 Å². The number of Topliss-reactive ketones (excluding diaryl/α,β-unsaturated/α-hetero) is 1. The molecule has 154 valence electrons. The summed E-state index contributed by atoms with van der Waals surface area (Å²) in [6.07, 6.45) is 14.5. The first-order valence-corrected chi connectivity index (χ1v) is 11.3. The predicted molar refractivity (Wildman–Crippen MR) is 111 cm³/mol. The maximum atomic E-state index is 13.4. The Labute approximate surface area is 166 Å². The molecule has 0 aromatic carbocycles. The summed E-state index contributed by atoms with van der Waals surface area (Å²) in [6.45, 7) is 7.59. The first-order valence-electron chi connectivity index (χ1n) is 11.3. The van der Waals surface area contributed by atoms with Crippen molar-refractivity contribution in [3.05, 3.63) is 16.9 Å². The molecule has 0 N–H and O–H groups in total. The zero-order valence-electron chi connectivity index (χ0n) is 17.9. The van der Waals surface area contributed by atoms with Crippen LogP contribution in [0.2, 0.25) is 0 Å². The smallest absolute Gasteiger partial charge is 0.174 e. The van der Waals surface area contributed by atoms with Crippen molar-refractivity contribution in [3.63, 3.8) is 0 Å². The molecule has 1 atom stereocenters. The monoisotopic (exact) mass is 376 g/mol. The standard InChI is InChI=1S/C24H40O3/c1-4-5-6-8-13-20(2)18-21(19-27-22-14-9-12-17-26-22)23(25)24(3)15-10-7-11-16-24/h22H,4-17,19H2,1-3H3. The summed E-state index contributed by atoms with van der Waals surface area (Å²) in [5.41, 5.74) is 5.14. The molecule has 0 spiro atoms. The third-order valence-corrected chi connectivity index (χ3v) is 6.10. The van der Waals surface area contributed by atoms with E-state index in [0.717, 1.165) is 63.5 Å². The second-order valence-corrected chi connectivity index (χ2v) is 8.75. The van der Waals surface area contributed by atoms with Crippen molar-refractivity contribution in [1.29, 1.82) is 0 Å². The number of ketones is 1. The molecule has 0 radical (unpaired) electrons. The molecule has 1 heterocycles. The number of rotatable bonds is 10. The highest BCUT2D eigenvalue weighted by molar-refractivity contribution is 5.99. The molecule has 2 fully saturated rings. The number of carbonyl (C=O) groups excluding carboxylic acids is 1. The van der Waals surface area contributed by atoms with Crippen molar-refractivity contribution in [1.82, 2.24) is 0 Å². The van der Waals surface area contributed by atoms with Gasteiger partial charge in [-0.1, -0.05) is 52.4 Å². The Balaban J connectivity index is 2.08. The summed E-state index contributed by atoms with van der Waals surface area (Å²) in [5.74, 6) is 0.255. The predicted octanol–water partition coefficient (Wildman–Crippen LogP) is 6.51. The van der Waals surface area contributed by atoms with E-state index in [9.17, 15) is 4.79 Å². The van der Waals surface area contributed by atoms with E-state index in [1.807, 2.05) is 0 Å². The summed E-state index contributed by atoms with van der Waals surface area (Å²) in [6, 6.07) is 0. The fourth-order valence-electron chi connectivity index (χ4n) is 4.24. The van der Waals surface area contributed by atoms with E-state index in [2.05, 4.69) is 26.5 Å². The van der Waals surface area contributed by atoms with E-state index >= 15 is 0 Å². The Kier molecular flexibility index (Phi) is 9.82. The van der Waals surface area contributed by atoms with Gasteiger partial charge in [-0.2, -0.15) is 0 Å². The van der Waals surface area contributed by atoms with Crippen LogP contribution in [0.15, 0.2) is 16.9 Å². The van der Waals surface area contributed by atoms with Gasteiger partial charge in [0.1, 0.15) is 0 Å². The molecule has 0 aromatic heterocycles. The van der Waals surface area contributed by atoms with Crippen molar-refractivity contribution >= 4 is 5.78 Å². The first kappa shape index (κ1) is 22.4. The Hall–Kier alpha value is -0.890. The Morgan fingerprint density at radius 2 is 1.89 bits per heavy atom. The third-order valence-electron chi connectivity index (χ3n) is 6.10.